The van der Waals surface area contributed by atoms with Crippen LogP contribution in [0.15, 0.2) is 0 Å². The van der Waals surface area contributed by atoms with Gasteiger partial charge >= 0.3 is 0 Å². The molecule has 0 bridgehead atoms. The summed E-state index contributed by atoms with van der Waals surface area (Å²) in [6.45, 7) is 6.59. The average Bonchev–Trinajstić information content (AvgIpc) is 1.64. The second kappa shape index (κ2) is 3.18. The zero-order valence-electron chi connectivity index (χ0n) is 6.52. The second-order valence-electron chi connectivity index (χ2n) is 3.46. The van der Waals surface area contributed by atoms with Crippen LogP contribution in [-0.2, 0) is 0 Å². The lowest BCUT2D eigenvalue weighted by Gasteiger charge is -2.24. The Balaban J connectivity index is 3.59. The summed E-state index contributed by atoms with van der Waals surface area (Å²) in [4.78, 5) is 0. The van der Waals surface area contributed by atoms with Gasteiger partial charge in [0.15, 0.2) is 0 Å². The Hall–Kier alpha value is -0.0800. The minimum atomic E-state index is -0.262. The van der Waals surface area contributed by atoms with E-state index in [1.807, 2.05) is 20.8 Å². The van der Waals surface area contributed by atoms with Crippen LogP contribution in [0.4, 0.5) is 0 Å². The molecule has 2 heteroatoms. The highest BCUT2D eigenvalue weighted by atomic mass is 16.3. The predicted octanol–water partition coefficient (Wildman–Crippen LogP) is 0.742. The van der Waals surface area contributed by atoms with Gasteiger partial charge in [-0.2, -0.15) is 0 Å². The van der Waals surface area contributed by atoms with Crippen LogP contribution in [0.3, 0.4) is 0 Å². The Morgan fingerprint density at radius 1 is 1.44 bits per heavy atom. The summed E-state index contributed by atoms with van der Waals surface area (Å²) >= 11 is 0. The monoisotopic (exact) mass is 131 g/mol. The van der Waals surface area contributed by atoms with Gasteiger partial charge in [0.1, 0.15) is 0 Å². The van der Waals surface area contributed by atoms with Crippen molar-refractivity contribution in [3.63, 3.8) is 0 Å². The number of nitrogens with two attached hydrogens (primary N) is 1. The van der Waals surface area contributed by atoms with Crippen LogP contribution in [0.1, 0.15) is 27.2 Å². The molecule has 0 rings (SSSR count). The highest BCUT2D eigenvalue weighted by Crippen LogP contribution is 2.20. The topological polar surface area (TPSA) is 46.2 Å². The van der Waals surface area contributed by atoms with Crippen molar-refractivity contribution in [1.29, 1.82) is 0 Å². The molecule has 0 heterocycles. The molecule has 0 radical (unpaired) electrons. The lowest BCUT2D eigenvalue weighted by molar-refractivity contribution is 0.0578. The number of hydrogen-bond acceptors (Lipinski definition) is 2. The van der Waals surface area contributed by atoms with Gasteiger partial charge in [0.05, 0.1) is 6.10 Å². The molecule has 0 spiro atoms. The molecule has 0 saturated heterocycles. The van der Waals surface area contributed by atoms with E-state index in [9.17, 15) is 5.11 Å². The molecule has 3 N–H and O–H groups in total. The minimum absolute atomic E-state index is 0.0145. The van der Waals surface area contributed by atoms with Crippen LogP contribution < -0.4 is 5.73 Å². The van der Waals surface area contributed by atoms with E-state index >= 15 is 0 Å². The summed E-state index contributed by atoms with van der Waals surface area (Å²) in [5, 5.41) is 9.31. The minimum Gasteiger partial charge on any atom is -0.393 e. The molecule has 9 heavy (non-hydrogen) atoms. The van der Waals surface area contributed by atoms with Gasteiger partial charge in [0.2, 0.25) is 0 Å². The summed E-state index contributed by atoms with van der Waals surface area (Å²) < 4.78 is 0. The molecule has 0 amide bonds. The Kier molecular flexibility index (Phi) is 3.15. The van der Waals surface area contributed by atoms with Crippen molar-refractivity contribution < 1.29 is 5.11 Å². The molecule has 56 valence electrons. The Morgan fingerprint density at radius 2 is 1.89 bits per heavy atom. The number of aliphatic hydroxyl groups excluding tert-OH is 1. The predicted molar refractivity (Wildman–Crippen MR) is 39.1 cm³/mol. The smallest absolute Gasteiger partial charge is 0.0600 e. The third-order valence-corrected chi connectivity index (χ3v) is 1.44. The van der Waals surface area contributed by atoms with Gasteiger partial charge in [-0.25, -0.2) is 0 Å². The van der Waals surface area contributed by atoms with Crippen LogP contribution in [0.25, 0.3) is 0 Å². The van der Waals surface area contributed by atoms with Crippen molar-refractivity contribution in [1.82, 2.24) is 0 Å². The zero-order valence-corrected chi connectivity index (χ0v) is 6.52. The van der Waals surface area contributed by atoms with Crippen molar-refractivity contribution in [3.05, 3.63) is 0 Å². The first-order valence-electron chi connectivity index (χ1n) is 3.36. The lowest BCUT2D eigenvalue weighted by atomic mass is 9.87. The summed E-state index contributed by atoms with van der Waals surface area (Å²) in [6.07, 6.45) is 0.436. The van der Waals surface area contributed by atoms with Crippen LogP contribution >= 0.6 is 0 Å². The van der Waals surface area contributed by atoms with Crippen LogP contribution in [0.2, 0.25) is 0 Å². The molecule has 0 aromatic carbocycles. The van der Waals surface area contributed by atoms with E-state index in [1.54, 1.807) is 0 Å². The van der Waals surface area contributed by atoms with Crippen molar-refractivity contribution >= 4 is 0 Å². The van der Waals surface area contributed by atoms with Crippen molar-refractivity contribution in [3.8, 4) is 0 Å². The number of rotatable bonds is 2. The zero-order chi connectivity index (χ0) is 7.49. The van der Waals surface area contributed by atoms with E-state index in [2.05, 4.69) is 0 Å². The second-order valence-corrected chi connectivity index (χ2v) is 3.46. The first-order valence-corrected chi connectivity index (χ1v) is 3.36. The molecular formula is C7H17NO. The third-order valence-electron chi connectivity index (χ3n) is 1.44. The van der Waals surface area contributed by atoms with Gasteiger partial charge in [-0.1, -0.05) is 20.8 Å². The maximum atomic E-state index is 9.31. The van der Waals surface area contributed by atoms with Crippen molar-refractivity contribution in [2.75, 3.05) is 6.54 Å². The molecule has 0 aliphatic carbocycles. The van der Waals surface area contributed by atoms with Crippen LogP contribution in [0.5, 0.6) is 0 Å². The fourth-order valence-corrected chi connectivity index (χ4v) is 0.591. The molecule has 0 saturated carbocycles. The molecule has 1 unspecified atom stereocenters. The van der Waals surface area contributed by atoms with E-state index in [0.29, 0.717) is 13.0 Å². The van der Waals surface area contributed by atoms with Gasteiger partial charge < -0.3 is 10.8 Å². The number of hydrogen-bond donors (Lipinski definition) is 2. The van der Waals surface area contributed by atoms with Gasteiger partial charge in [-0.3, -0.25) is 0 Å². The first-order chi connectivity index (χ1) is 3.98. The van der Waals surface area contributed by atoms with Crippen molar-refractivity contribution in [2.45, 2.75) is 33.3 Å². The van der Waals surface area contributed by atoms with Crippen molar-refractivity contribution in [2.24, 2.45) is 11.1 Å². The van der Waals surface area contributed by atoms with E-state index in [1.165, 1.54) is 0 Å². The Morgan fingerprint density at radius 3 is 2.00 bits per heavy atom. The lowest BCUT2D eigenvalue weighted by Crippen LogP contribution is -2.28. The molecule has 2 nitrogen and oxygen atoms in total. The summed E-state index contributed by atoms with van der Waals surface area (Å²) in [5.41, 5.74) is 5.25. The van der Waals surface area contributed by atoms with Crippen LogP contribution in [0, 0.1) is 5.41 Å². The number of aliphatic hydroxyl groups is 1. The van der Waals surface area contributed by atoms with Crippen LogP contribution in [-0.4, -0.2) is 17.8 Å². The standard InChI is InChI=1S/C7H17NO/c1-7(2,3)6(9)4-5-8/h6,9H,4-5,8H2,1-3H3. The fourth-order valence-electron chi connectivity index (χ4n) is 0.591. The Labute approximate surface area is 57.1 Å². The van der Waals surface area contributed by atoms with E-state index in [-0.39, 0.29) is 11.5 Å². The van der Waals surface area contributed by atoms with Gasteiger partial charge in [0, 0.05) is 0 Å². The third kappa shape index (κ3) is 3.49. The summed E-state index contributed by atoms with van der Waals surface area (Å²) in [5.74, 6) is 0. The fraction of sp³-hybridized carbons (Fsp3) is 1.00. The van der Waals surface area contributed by atoms with E-state index < -0.39 is 0 Å². The molecular weight excluding hydrogens is 114 g/mol. The average molecular weight is 131 g/mol. The maximum Gasteiger partial charge on any atom is 0.0600 e. The summed E-state index contributed by atoms with van der Waals surface area (Å²) in [6, 6.07) is 0. The molecule has 0 aliphatic heterocycles. The highest BCUT2D eigenvalue weighted by molar-refractivity contribution is 4.72. The van der Waals surface area contributed by atoms with E-state index in [0.717, 1.165) is 0 Å². The normalized spacial score (nSPS) is 15.7. The quantitative estimate of drug-likeness (QED) is 0.580. The summed E-state index contributed by atoms with van der Waals surface area (Å²) in [7, 11) is 0. The Bertz CT molecular complexity index is 75.5. The molecule has 0 aliphatic rings. The molecule has 0 aromatic rings. The molecule has 0 fully saturated rings. The first kappa shape index (κ1) is 8.92. The van der Waals surface area contributed by atoms with Gasteiger partial charge in [-0.05, 0) is 18.4 Å². The largest absolute Gasteiger partial charge is 0.393 e. The maximum absolute atomic E-state index is 9.31. The van der Waals surface area contributed by atoms with Gasteiger partial charge in [0.25, 0.3) is 0 Å². The SMILES string of the molecule is CC(C)(C)C(O)CCN. The van der Waals surface area contributed by atoms with Gasteiger partial charge in [-0.15, -0.1) is 0 Å². The molecule has 1 atom stereocenters. The highest BCUT2D eigenvalue weighted by Gasteiger charge is 2.20. The van der Waals surface area contributed by atoms with E-state index in [4.69, 9.17) is 5.73 Å². The molecule has 0 aromatic heterocycles.